The summed E-state index contributed by atoms with van der Waals surface area (Å²) >= 11 is 2.39. The number of rotatable bonds is 5. The van der Waals surface area contributed by atoms with Crippen LogP contribution in [-0.2, 0) is 11.4 Å². The van der Waals surface area contributed by atoms with E-state index in [9.17, 15) is 4.55 Å². The summed E-state index contributed by atoms with van der Waals surface area (Å²) in [5.74, 6) is 0.695. The van der Waals surface area contributed by atoms with Crippen molar-refractivity contribution < 1.29 is 9.29 Å². The Bertz CT molecular complexity index is 451. The van der Waals surface area contributed by atoms with E-state index in [0.717, 1.165) is 10.2 Å². The lowest BCUT2D eigenvalue weighted by Gasteiger charge is -2.35. The molecule has 0 N–H and O–H groups in total. The zero-order valence-corrected chi connectivity index (χ0v) is 15.3. The third-order valence-corrected chi connectivity index (χ3v) is 5.64. The molecule has 1 aromatic rings. The average Bonchev–Trinajstić information content (AvgIpc) is 2.38. The van der Waals surface area contributed by atoms with Crippen molar-refractivity contribution in [1.29, 1.82) is 0 Å². The van der Waals surface area contributed by atoms with Crippen LogP contribution in [0, 0.1) is 0 Å². The van der Waals surface area contributed by atoms with Gasteiger partial charge >= 0.3 is 0 Å². The molecule has 1 rings (SSSR count). The van der Waals surface area contributed by atoms with Gasteiger partial charge in [-0.1, -0.05) is 0 Å². The molecular weight excluding hydrogens is 340 g/mol. The molecule has 0 aromatic carbocycles. The van der Waals surface area contributed by atoms with E-state index < -0.39 is 11.4 Å². The molecule has 0 spiro atoms. The van der Waals surface area contributed by atoms with Crippen molar-refractivity contribution in [3.8, 4) is 5.75 Å². The number of nitrogens with zero attached hydrogens (tertiary/aromatic N) is 2. The Hall–Kier alpha value is -0.300. The maximum absolute atomic E-state index is 12.6. The summed E-state index contributed by atoms with van der Waals surface area (Å²) in [5.41, 5.74) is 0.872. The summed E-state index contributed by atoms with van der Waals surface area (Å²) in [6, 6.07) is 1.90. The molecule has 0 unspecified atom stereocenters. The van der Waals surface area contributed by atoms with E-state index in [-0.39, 0.29) is 10.8 Å². The molecule has 0 saturated heterocycles. The fourth-order valence-electron chi connectivity index (χ4n) is 1.85. The molecule has 114 valence electrons. The minimum atomic E-state index is -1.07. The second-order valence-electron chi connectivity index (χ2n) is 5.51. The Kier molecular flexibility index (Phi) is 6.31. The third kappa shape index (κ3) is 4.10. The number of aromatic nitrogens is 1. The number of hydrogen-bond acceptors (Lipinski definition) is 4. The van der Waals surface area contributed by atoms with Crippen molar-refractivity contribution in [2.75, 3.05) is 13.7 Å². The largest absolute Gasteiger partial charge is 0.597 e. The molecule has 0 amide bonds. The Morgan fingerprint density at radius 2 is 2.10 bits per heavy atom. The second kappa shape index (κ2) is 7.11. The monoisotopic (exact) mass is 362 g/mol. The van der Waals surface area contributed by atoms with Crippen molar-refractivity contribution >= 4 is 27.3 Å². The maximum atomic E-state index is 12.6. The minimum Gasteiger partial charge on any atom is -0.597 e. The molecule has 20 heavy (non-hydrogen) atoms. The standard InChI is InChI=1S/C14H23BrN2O2S/c1-7-17(20(18)14(3,4)5)10(2)12-8-11(15)13(19-6)9-16-12/h8-10H,7H2,1-6H3/t10-,20-/m1/s1. The highest BCUT2D eigenvalue weighted by Gasteiger charge is 2.36. The van der Waals surface area contributed by atoms with Gasteiger partial charge < -0.3 is 9.29 Å². The van der Waals surface area contributed by atoms with Gasteiger partial charge in [0.1, 0.15) is 4.75 Å². The van der Waals surface area contributed by atoms with Crippen molar-refractivity contribution in [1.82, 2.24) is 9.29 Å². The summed E-state index contributed by atoms with van der Waals surface area (Å²) in [5, 5.41) is 0. The average molecular weight is 363 g/mol. The highest BCUT2D eigenvalue weighted by molar-refractivity contribution is 9.10. The number of methoxy groups -OCH3 is 1. The zero-order chi connectivity index (χ0) is 15.5. The third-order valence-electron chi connectivity index (χ3n) is 2.97. The van der Waals surface area contributed by atoms with E-state index in [2.05, 4.69) is 20.9 Å². The van der Waals surface area contributed by atoms with Gasteiger partial charge in [0, 0.05) is 17.9 Å². The fourth-order valence-corrected chi connectivity index (χ4v) is 3.68. The van der Waals surface area contributed by atoms with Crippen molar-refractivity contribution in [3.05, 3.63) is 22.4 Å². The summed E-state index contributed by atoms with van der Waals surface area (Å²) < 4.78 is 20.3. The molecule has 0 aliphatic carbocycles. The van der Waals surface area contributed by atoms with Gasteiger partial charge in [0.25, 0.3) is 0 Å². The molecule has 0 fully saturated rings. The first-order chi connectivity index (χ1) is 9.22. The summed E-state index contributed by atoms with van der Waals surface area (Å²) in [4.78, 5) is 4.41. The molecule has 4 nitrogen and oxygen atoms in total. The van der Waals surface area contributed by atoms with Crippen LogP contribution in [0.4, 0.5) is 0 Å². The fraction of sp³-hybridized carbons (Fsp3) is 0.643. The van der Waals surface area contributed by atoms with Crippen LogP contribution >= 0.6 is 15.9 Å². The van der Waals surface area contributed by atoms with Crippen molar-refractivity contribution in [3.63, 3.8) is 0 Å². The van der Waals surface area contributed by atoms with Gasteiger partial charge in [-0.3, -0.25) is 4.98 Å². The lowest BCUT2D eigenvalue weighted by atomic mass is 10.2. The molecule has 0 radical (unpaired) electrons. The van der Waals surface area contributed by atoms with E-state index in [1.165, 1.54) is 0 Å². The molecule has 0 aliphatic rings. The quantitative estimate of drug-likeness (QED) is 0.749. The SMILES string of the molecule is CCN([C@H](C)c1cc(Br)c(OC)cn1)[S@+]([O-])C(C)(C)C. The molecule has 2 atom stereocenters. The van der Waals surface area contributed by atoms with Crippen LogP contribution in [0.1, 0.15) is 46.4 Å². The molecule has 1 aromatic heterocycles. The highest BCUT2D eigenvalue weighted by atomic mass is 79.9. The van der Waals surface area contributed by atoms with Crippen LogP contribution in [0.2, 0.25) is 0 Å². The zero-order valence-electron chi connectivity index (χ0n) is 12.9. The highest BCUT2D eigenvalue weighted by Crippen LogP contribution is 2.31. The molecule has 6 heteroatoms. The Labute approximate surface area is 133 Å². The second-order valence-corrected chi connectivity index (χ2v) is 8.56. The first-order valence-electron chi connectivity index (χ1n) is 6.60. The van der Waals surface area contributed by atoms with Gasteiger partial charge in [-0.15, -0.1) is 4.31 Å². The first-order valence-corrected chi connectivity index (χ1v) is 8.50. The molecule has 1 heterocycles. The van der Waals surface area contributed by atoms with Crippen LogP contribution in [0.25, 0.3) is 0 Å². The number of halogens is 1. The van der Waals surface area contributed by atoms with Gasteiger partial charge in [-0.05, 0) is 56.6 Å². The Morgan fingerprint density at radius 1 is 1.50 bits per heavy atom. The smallest absolute Gasteiger partial charge is 0.151 e. The predicted octanol–water partition coefficient (Wildman–Crippen LogP) is 3.70. The number of pyridine rings is 1. The van der Waals surface area contributed by atoms with E-state index >= 15 is 0 Å². The van der Waals surface area contributed by atoms with Crippen molar-refractivity contribution in [2.24, 2.45) is 0 Å². The lowest BCUT2D eigenvalue weighted by Crippen LogP contribution is -2.44. The Morgan fingerprint density at radius 3 is 2.50 bits per heavy atom. The lowest BCUT2D eigenvalue weighted by molar-refractivity contribution is 0.338. The number of ether oxygens (including phenoxy) is 1. The normalized spacial score (nSPS) is 15.2. The van der Waals surface area contributed by atoms with Gasteiger partial charge in [-0.2, -0.15) is 0 Å². The molecular formula is C14H23BrN2O2S. The molecule has 0 saturated carbocycles. The maximum Gasteiger partial charge on any atom is 0.151 e. The number of hydrogen-bond donors (Lipinski definition) is 0. The van der Waals surface area contributed by atoms with Gasteiger partial charge in [0.2, 0.25) is 0 Å². The molecule has 0 bridgehead atoms. The summed E-state index contributed by atoms with van der Waals surface area (Å²) in [6.07, 6.45) is 1.68. The first kappa shape index (κ1) is 17.8. The Balaban J connectivity index is 3.02. The molecule has 0 aliphatic heterocycles. The van der Waals surface area contributed by atoms with Crippen LogP contribution in [0.15, 0.2) is 16.7 Å². The van der Waals surface area contributed by atoms with Crippen LogP contribution in [-0.4, -0.2) is 32.2 Å². The minimum absolute atomic E-state index is 0.0257. The van der Waals surface area contributed by atoms with Gasteiger partial charge in [0.05, 0.1) is 29.5 Å². The van der Waals surface area contributed by atoms with E-state index in [1.807, 2.05) is 45.0 Å². The van der Waals surface area contributed by atoms with E-state index in [1.54, 1.807) is 13.3 Å². The topological polar surface area (TPSA) is 48.4 Å². The van der Waals surface area contributed by atoms with Crippen LogP contribution in [0.3, 0.4) is 0 Å². The predicted molar refractivity (Wildman–Crippen MR) is 87.2 cm³/mol. The van der Waals surface area contributed by atoms with Crippen molar-refractivity contribution in [2.45, 2.75) is 45.4 Å². The van der Waals surface area contributed by atoms with Crippen LogP contribution < -0.4 is 4.74 Å². The van der Waals surface area contributed by atoms with Crippen LogP contribution in [0.5, 0.6) is 5.75 Å². The van der Waals surface area contributed by atoms with E-state index in [4.69, 9.17) is 4.74 Å². The van der Waals surface area contributed by atoms with Gasteiger partial charge in [-0.25, -0.2) is 0 Å². The summed E-state index contributed by atoms with van der Waals surface area (Å²) in [7, 11) is 1.61. The van der Waals surface area contributed by atoms with E-state index in [0.29, 0.717) is 12.3 Å². The van der Waals surface area contributed by atoms with Gasteiger partial charge in [0.15, 0.2) is 5.75 Å². The summed E-state index contributed by atoms with van der Waals surface area (Å²) in [6.45, 7) is 10.7.